The maximum atomic E-state index is 9.44. The lowest BCUT2D eigenvalue weighted by Gasteiger charge is -2.50. The first-order valence-corrected chi connectivity index (χ1v) is 5.51. The van der Waals surface area contributed by atoms with Crippen molar-refractivity contribution in [3.05, 3.63) is 0 Å². The molecular weight excluding hydrogens is 180 g/mol. The Bertz CT molecular complexity index is 203. The van der Waals surface area contributed by atoms with Gasteiger partial charge in [0.05, 0.1) is 19.3 Å². The van der Waals surface area contributed by atoms with E-state index >= 15 is 0 Å². The number of aliphatic hydroxyl groups excluding tert-OH is 1. The van der Waals surface area contributed by atoms with E-state index in [1.807, 2.05) is 13.8 Å². The molecule has 1 unspecified atom stereocenters. The molecule has 1 aliphatic carbocycles. The second-order valence-electron chi connectivity index (χ2n) is 5.02. The van der Waals surface area contributed by atoms with Crippen LogP contribution in [-0.4, -0.2) is 30.2 Å². The van der Waals surface area contributed by atoms with E-state index in [0.717, 1.165) is 25.9 Å². The van der Waals surface area contributed by atoms with Gasteiger partial charge < -0.3 is 14.6 Å². The lowest BCUT2D eigenvalue weighted by Crippen LogP contribution is -2.52. The van der Waals surface area contributed by atoms with E-state index < -0.39 is 5.79 Å². The first kappa shape index (κ1) is 10.4. The van der Waals surface area contributed by atoms with Crippen LogP contribution in [0.25, 0.3) is 0 Å². The summed E-state index contributed by atoms with van der Waals surface area (Å²) >= 11 is 0. The number of aliphatic hydroxyl groups is 1. The van der Waals surface area contributed by atoms with E-state index in [1.54, 1.807) is 0 Å². The van der Waals surface area contributed by atoms with E-state index in [9.17, 15) is 5.11 Å². The first-order chi connectivity index (χ1) is 6.58. The van der Waals surface area contributed by atoms with Gasteiger partial charge in [-0.3, -0.25) is 0 Å². The van der Waals surface area contributed by atoms with Gasteiger partial charge in [-0.25, -0.2) is 0 Å². The summed E-state index contributed by atoms with van der Waals surface area (Å²) in [5.74, 6) is -0.472. The summed E-state index contributed by atoms with van der Waals surface area (Å²) in [6, 6.07) is 0. The predicted molar refractivity (Wildman–Crippen MR) is 52.9 cm³/mol. The zero-order chi connectivity index (χ0) is 10.2. The van der Waals surface area contributed by atoms with Crippen molar-refractivity contribution < 1.29 is 14.6 Å². The maximum absolute atomic E-state index is 9.44. The Kier molecular flexibility index (Phi) is 2.58. The highest BCUT2D eigenvalue weighted by Crippen LogP contribution is 2.48. The van der Waals surface area contributed by atoms with Crippen molar-refractivity contribution in [3.8, 4) is 0 Å². The van der Waals surface area contributed by atoms with E-state index in [4.69, 9.17) is 9.47 Å². The van der Waals surface area contributed by atoms with Crippen molar-refractivity contribution in [1.82, 2.24) is 0 Å². The van der Waals surface area contributed by atoms with Gasteiger partial charge in [0.2, 0.25) is 0 Å². The van der Waals surface area contributed by atoms with Crippen LogP contribution in [-0.2, 0) is 9.47 Å². The number of ether oxygens (including phenoxy) is 2. The molecule has 1 saturated heterocycles. The molecule has 82 valence electrons. The highest BCUT2D eigenvalue weighted by atomic mass is 16.7. The topological polar surface area (TPSA) is 38.7 Å². The second kappa shape index (κ2) is 3.47. The quantitative estimate of drug-likeness (QED) is 0.737. The molecule has 2 fully saturated rings. The van der Waals surface area contributed by atoms with Gasteiger partial charge in [-0.15, -0.1) is 0 Å². The fourth-order valence-corrected chi connectivity index (χ4v) is 2.49. The zero-order valence-electron chi connectivity index (χ0n) is 9.08. The van der Waals surface area contributed by atoms with Crippen molar-refractivity contribution >= 4 is 0 Å². The summed E-state index contributed by atoms with van der Waals surface area (Å²) in [5.41, 5.74) is 0.0427. The van der Waals surface area contributed by atoms with E-state index in [-0.39, 0.29) is 18.1 Å². The van der Waals surface area contributed by atoms with Gasteiger partial charge in [0.15, 0.2) is 5.79 Å². The van der Waals surface area contributed by atoms with Crippen molar-refractivity contribution in [3.63, 3.8) is 0 Å². The Morgan fingerprint density at radius 1 is 1.36 bits per heavy atom. The Morgan fingerprint density at radius 3 is 2.50 bits per heavy atom. The molecule has 1 atom stereocenters. The molecule has 1 N–H and O–H groups in total. The fraction of sp³-hybridized carbons (Fsp3) is 1.00. The van der Waals surface area contributed by atoms with E-state index in [2.05, 4.69) is 0 Å². The van der Waals surface area contributed by atoms with Crippen molar-refractivity contribution in [2.24, 2.45) is 5.41 Å². The first-order valence-electron chi connectivity index (χ1n) is 5.51. The number of hydrogen-bond donors (Lipinski definition) is 1. The minimum atomic E-state index is -0.472. The van der Waals surface area contributed by atoms with Crippen molar-refractivity contribution in [2.75, 3.05) is 13.2 Å². The lowest BCUT2D eigenvalue weighted by atomic mass is 9.64. The molecule has 0 amide bonds. The molecule has 3 nitrogen and oxygen atoms in total. The van der Waals surface area contributed by atoms with Crippen LogP contribution in [0.1, 0.15) is 39.5 Å². The van der Waals surface area contributed by atoms with Crippen LogP contribution in [0.15, 0.2) is 0 Å². The number of hydrogen-bond acceptors (Lipinski definition) is 3. The van der Waals surface area contributed by atoms with Crippen LogP contribution in [0.3, 0.4) is 0 Å². The van der Waals surface area contributed by atoms with Gasteiger partial charge in [-0.1, -0.05) is 6.42 Å². The molecule has 3 heteroatoms. The minimum Gasteiger partial charge on any atom is -0.396 e. The summed E-state index contributed by atoms with van der Waals surface area (Å²) < 4.78 is 11.4. The molecule has 0 aromatic carbocycles. The molecule has 14 heavy (non-hydrogen) atoms. The Hall–Kier alpha value is -0.120. The summed E-state index contributed by atoms with van der Waals surface area (Å²) in [4.78, 5) is 0. The van der Waals surface area contributed by atoms with E-state index in [1.165, 1.54) is 6.42 Å². The molecule has 1 saturated carbocycles. The smallest absolute Gasteiger partial charge is 0.163 e. The van der Waals surface area contributed by atoms with Crippen LogP contribution in [0.5, 0.6) is 0 Å². The lowest BCUT2D eigenvalue weighted by molar-refractivity contribution is -0.305. The predicted octanol–water partition coefficient (Wildman–Crippen LogP) is 1.69. The van der Waals surface area contributed by atoms with Gasteiger partial charge >= 0.3 is 0 Å². The molecule has 0 spiro atoms. The Balaban J connectivity index is 2.03. The van der Waals surface area contributed by atoms with Crippen LogP contribution in [0.2, 0.25) is 0 Å². The van der Waals surface area contributed by atoms with Crippen molar-refractivity contribution in [1.29, 1.82) is 0 Å². The summed E-state index contributed by atoms with van der Waals surface area (Å²) in [5, 5.41) is 9.44. The third-order valence-corrected chi connectivity index (χ3v) is 3.60. The van der Waals surface area contributed by atoms with E-state index in [0.29, 0.717) is 0 Å². The average Bonchev–Trinajstić information content (AvgIpc) is 2.01. The molecule has 1 aliphatic heterocycles. The highest BCUT2D eigenvalue weighted by Gasteiger charge is 2.47. The van der Waals surface area contributed by atoms with Crippen molar-refractivity contribution in [2.45, 2.75) is 51.4 Å². The highest BCUT2D eigenvalue weighted by molar-refractivity contribution is 4.95. The largest absolute Gasteiger partial charge is 0.396 e. The van der Waals surface area contributed by atoms with Gasteiger partial charge in [0, 0.05) is 5.41 Å². The fourth-order valence-electron chi connectivity index (χ4n) is 2.49. The molecule has 2 aliphatic rings. The Labute approximate surface area is 85.4 Å². The van der Waals surface area contributed by atoms with Gasteiger partial charge in [0.25, 0.3) is 0 Å². The molecule has 0 bridgehead atoms. The summed E-state index contributed by atoms with van der Waals surface area (Å²) in [6.07, 6.45) is 4.53. The molecular formula is C11H20O3. The average molecular weight is 200 g/mol. The molecule has 2 rings (SSSR count). The second-order valence-corrected chi connectivity index (χ2v) is 5.02. The maximum Gasteiger partial charge on any atom is 0.163 e. The molecule has 1 heterocycles. The standard InChI is InChI=1S/C11H20O3/c1-10(2)13-7-4-9(14-10)11(8-12)5-3-6-11/h9,12H,3-8H2,1-2H3. The van der Waals surface area contributed by atoms with Gasteiger partial charge in [-0.2, -0.15) is 0 Å². The molecule has 0 radical (unpaired) electrons. The summed E-state index contributed by atoms with van der Waals surface area (Å²) in [7, 11) is 0. The van der Waals surface area contributed by atoms with Crippen LogP contribution in [0, 0.1) is 5.41 Å². The molecule has 0 aromatic heterocycles. The van der Waals surface area contributed by atoms with Crippen LogP contribution >= 0.6 is 0 Å². The zero-order valence-corrected chi connectivity index (χ0v) is 9.08. The summed E-state index contributed by atoms with van der Waals surface area (Å²) in [6.45, 7) is 4.90. The van der Waals surface area contributed by atoms with Crippen LogP contribution < -0.4 is 0 Å². The monoisotopic (exact) mass is 200 g/mol. The molecule has 0 aromatic rings. The minimum absolute atomic E-state index is 0.0427. The van der Waals surface area contributed by atoms with Gasteiger partial charge in [-0.05, 0) is 33.1 Å². The third kappa shape index (κ3) is 1.69. The third-order valence-electron chi connectivity index (χ3n) is 3.60. The number of rotatable bonds is 2. The van der Waals surface area contributed by atoms with Crippen LogP contribution in [0.4, 0.5) is 0 Å². The Morgan fingerprint density at radius 2 is 2.07 bits per heavy atom. The normalized spacial score (nSPS) is 34.9. The van der Waals surface area contributed by atoms with Gasteiger partial charge in [0.1, 0.15) is 0 Å². The SMILES string of the molecule is CC1(C)OCCC(C2(CO)CCC2)O1.